The van der Waals surface area contributed by atoms with Gasteiger partial charge in [0.15, 0.2) is 0 Å². The maximum Gasteiger partial charge on any atom is 0.129 e. The van der Waals surface area contributed by atoms with E-state index in [2.05, 4.69) is 0 Å². The lowest BCUT2D eigenvalue weighted by molar-refractivity contribution is 0.516. The zero-order valence-electron chi connectivity index (χ0n) is 9.13. The first-order chi connectivity index (χ1) is 7.59. The first kappa shape index (κ1) is 11.2. The molecule has 0 amide bonds. The molecule has 1 aromatic heterocycles. The summed E-state index contributed by atoms with van der Waals surface area (Å²) in [4.78, 5) is 0. The maximum absolute atomic E-state index is 13.5. The molecule has 0 saturated carbocycles. The molecule has 1 atom stereocenters. The van der Waals surface area contributed by atoms with Crippen molar-refractivity contribution in [1.29, 1.82) is 0 Å². The molecule has 0 radical (unpaired) electrons. The van der Waals surface area contributed by atoms with Crippen LogP contribution in [0.25, 0.3) is 0 Å². The fourth-order valence-electron chi connectivity index (χ4n) is 1.73. The topological polar surface area (TPSA) is 13.1 Å². The van der Waals surface area contributed by atoms with Crippen LogP contribution >= 0.6 is 11.6 Å². The van der Waals surface area contributed by atoms with Crippen LogP contribution in [0.4, 0.5) is 4.39 Å². The van der Waals surface area contributed by atoms with Crippen LogP contribution in [-0.2, 0) is 0 Å². The van der Waals surface area contributed by atoms with E-state index in [9.17, 15) is 4.39 Å². The first-order valence-corrected chi connectivity index (χ1v) is 5.47. The highest BCUT2D eigenvalue weighted by Crippen LogP contribution is 2.31. The van der Waals surface area contributed by atoms with Gasteiger partial charge in [0, 0.05) is 0 Å². The number of alkyl halides is 1. The predicted molar refractivity (Wildman–Crippen MR) is 62.3 cm³/mol. The van der Waals surface area contributed by atoms with Crippen molar-refractivity contribution < 1.29 is 8.81 Å². The Kier molecular flexibility index (Phi) is 3.01. The van der Waals surface area contributed by atoms with Crippen LogP contribution in [0.5, 0.6) is 0 Å². The molecule has 1 unspecified atom stereocenters. The van der Waals surface area contributed by atoms with E-state index in [1.54, 1.807) is 38.3 Å². The van der Waals surface area contributed by atoms with Crippen molar-refractivity contribution in [3.05, 3.63) is 58.8 Å². The minimum atomic E-state index is -0.368. The summed E-state index contributed by atoms with van der Waals surface area (Å²) in [6.45, 7) is 3.47. The van der Waals surface area contributed by atoms with Crippen molar-refractivity contribution in [2.24, 2.45) is 0 Å². The van der Waals surface area contributed by atoms with E-state index in [1.165, 1.54) is 0 Å². The summed E-state index contributed by atoms with van der Waals surface area (Å²) >= 11 is 6.25. The standard InChI is InChI=1S/C13H12ClFO/c1-8-6-10(7-9(2)13(8)15)12(14)11-4-3-5-16-11/h3-7,12H,1-2H3. The lowest BCUT2D eigenvalue weighted by atomic mass is 10.0. The van der Waals surface area contributed by atoms with Gasteiger partial charge in [-0.2, -0.15) is 0 Å². The minimum absolute atomic E-state index is 0.174. The van der Waals surface area contributed by atoms with Gasteiger partial charge in [-0.25, -0.2) is 4.39 Å². The minimum Gasteiger partial charge on any atom is -0.467 e. The summed E-state index contributed by atoms with van der Waals surface area (Å²) in [6.07, 6.45) is 1.58. The van der Waals surface area contributed by atoms with E-state index < -0.39 is 0 Å². The molecule has 3 heteroatoms. The van der Waals surface area contributed by atoms with E-state index in [0.717, 1.165) is 5.56 Å². The quantitative estimate of drug-likeness (QED) is 0.709. The van der Waals surface area contributed by atoms with E-state index in [4.69, 9.17) is 16.0 Å². The Morgan fingerprint density at radius 2 is 1.88 bits per heavy atom. The van der Waals surface area contributed by atoms with Gasteiger partial charge in [0.1, 0.15) is 17.0 Å². The molecule has 84 valence electrons. The van der Waals surface area contributed by atoms with Gasteiger partial charge < -0.3 is 4.42 Å². The Hall–Kier alpha value is -1.28. The lowest BCUT2D eigenvalue weighted by Gasteiger charge is -2.10. The second kappa shape index (κ2) is 4.30. The normalized spacial score (nSPS) is 12.8. The third kappa shape index (κ3) is 1.98. The van der Waals surface area contributed by atoms with Crippen molar-refractivity contribution in [3.8, 4) is 0 Å². The van der Waals surface area contributed by atoms with Gasteiger partial charge in [-0.15, -0.1) is 11.6 Å². The Bertz CT molecular complexity index is 468. The molecule has 0 aliphatic carbocycles. The van der Waals surface area contributed by atoms with Crippen LogP contribution in [0, 0.1) is 19.7 Å². The van der Waals surface area contributed by atoms with Gasteiger partial charge in [0.2, 0.25) is 0 Å². The van der Waals surface area contributed by atoms with E-state index in [-0.39, 0.29) is 11.2 Å². The SMILES string of the molecule is Cc1cc(C(Cl)c2ccco2)cc(C)c1F. The summed E-state index contributed by atoms with van der Waals surface area (Å²) in [7, 11) is 0. The Balaban J connectivity index is 2.42. The van der Waals surface area contributed by atoms with E-state index in [0.29, 0.717) is 16.9 Å². The molecule has 0 N–H and O–H groups in total. The second-order valence-electron chi connectivity index (χ2n) is 3.85. The van der Waals surface area contributed by atoms with Crippen LogP contribution in [0.2, 0.25) is 0 Å². The van der Waals surface area contributed by atoms with Gasteiger partial charge in [-0.1, -0.05) is 12.1 Å². The Morgan fingerprint density at radius 1 is 1.25 bits per heavy atom. The molecule has 2 aromatic rings. The number of hydrogen-bond donors (Lipinski definition) is 0. The summed E-state index contributed by atoms with van der Waals surface area (Å²) in [5.41, 5.74) is 2.06. The van der Waals surface area contributed by atoms with Crippen LogP contribution in [0.15, 0.2) is 34.9 Å². The third-order valence-electron chi connectivity index (χ3n) is 2.54. The summed E-state index contributed by atoms with van der Waals surface area (Å²) in [5.74, 6) is 0.499. The Labute approximate surface area is 98.8 Å². The van der Waals surface area contributed by atoms with Gasteiger partial charge in [0.05, 0.1) is 6.26 Å². The van der Waals surface area contributed by atoms with Gasteiger partial charge in [-0.05, 0) is 42.7 Å². The average Bonchev–Trinajstić information content (AvgIpc) is 2.77. The first-order valence-electron chi connectivity index (χ1n) is 5.03. The highest BCUT2D eigenvalue weighted by Gasteiger charge is 2.15. The second-order valence-corrected chi connectivity index (χ2v) is 4.28. The summed E-state index contributed by atoms with van der Waals surface area (Å²) in [5, 5.41) is -0.368. The molecule has 0 saturated heterocycles. The van der Waals surface area contributed by atoms with Gasteiger partial charge >= 0.3 is 0 Å². The molecule has 0 fully saturated rings. The molecule has 0 bridgehead atoms. The maximum atomic E-state index is 13.5. The fraction of sp³-hybridized carbons (Fsp3) is 0.231. The lowest BCUT2D eigenvalue weighted by Crippen LogP contribution is -1.96. The molecule has 0 aliphatic heterocycles. The number of furan rings is 1. The third-order valence-corrected chi connectivity index (χ3v) is 3.01. The van der Waals surface area contributed by atoms with E-state index >= 15 is 0 Å². The van der Waals surface area contributed by atoms with Crippen LogP contribution in [0.1, 0.15) is 27.8 Å². The molecule has 0 spiro atoms. The number of rotatable bonds is 2. The van der Waals surface area contributed by atoms with Gasteiger partial charge in [-0.3, -0.25) is 0 Å². The van der Waals surface area contributed by atoms with Crippen molar-refractivity contribution >= 4 is 11.6 Å². The van der Waals surface area contributed by atoms with Crippen LogP contribution in [-0.4, -0.2) is 0 Å². The molecular weight excluding hydrogens is 227 g/mol. The monoisotopic (exact) mass is 238 g/mol. The average molecular weight is 239 g/mol. The zero-order chi connectivity index (χ0) is 11.7. The number of hydrogen-bond acceptors (Lipinski definition) is 1. The summed E-state index contributed by atoms with van der Waals surface area (Å²) < 4.78 is 18.7. The number of benzene rings is 1. The number of aryl methyl sites for hydroxylation is 2. The molecule has 0 aliphatic rings. The van der Waals surface area contributed by atoms with Crippen LogP contribution < -0.4 is 0 Å². The van der Waals surface area contributed by atoms with E-state index in [1.807, 2.05) is 6.07 Å². The Morgan fingerprint density at radius 3 is 2.38 bits per heavy atom. The van der Waals surface area contributed by atoms with Crippen molar-refractivity contribution in [2.75, 3.05) is 0 Å². The molecule has 1 aromatic carbocycles. The van der Waals surface area contributed by atoms with Crippen molar-refractivity contribution in [2.45, 2.75) is 19.2 Å². The van der Waals surface area contributed by atoms with Crippen LogP contribution in [0.3, 0.4) is 0 Å². The fourth-order valence-corrected chi connectivity index (χ4v) is 1.98. The molecule has 16 heavy (non-hydrogen) atoms. The predicted octanol–water partition coefficient (Wildman–Crippen LogP) is 4.36. The highest BCUT2D eigenvalue weighted by molar-refractivity contribution is 6.22. The highest BCUT2D eigenvalue weighted by atomic mass is 35.5. The largest absolute Gasteiger partial charge is 0.467 e. The van der Waals surface area contributed by atoms with Crippen molar-refractivity contribution in [1.82, 2.24) is 0 Å². The molecule has 2 rings (SSSR count). The molecular formula is C13H12ClFO. The number of halogens is 2. The molecule has 1 nitrogen and oxygen atoms in total. The zero-order valence-corrected chi connectivity index (χ0v) is 9.88. The molecule has 1 heterocycles. The van der Waals surface area contributed by atoms with Crippen molar-refractivity contribution in [3.63, 3.8) is 0 Å². The van der Waals surface area contributed by atoms with Gasteiger partial charge in [0.25, 0.3) is 0 Å². The smallest absolute Gasteiger partial charge is 0.129 e. The summed E-state index contributed by atoms with van der Waals surface area (Å²) in [6, 6.07) is 7.10.